The normalized spacial score (nSPS) is 10.7. The van der Waals surface area contributed by atoms with Crippen LogP contribution in [0, 0.1) is 13.8 Å². The smallest absolute Gasteiger partial charge is 0.344 e. The molecule has 3 rings (SSSR count). The molecule has 162 valence electrons. The molecule has 0 aliphatic carbocycles. The van der Waals surface area contributed by atoms with Gasteiger partial charge in [-0.05, 0) is 49.6 Å². The number of nitrogens with zero attached hydrogens (tertiary/aromatic N) is 1. The molecule has 0 unspecified atom stereocenters. The number of halogens is 2. The maximum atomic E-state index is 12.2. The number of pyridine rings is 1. The van der Waals surface area contributed by atoms with E-state index in [1.807, 2.05) is 51.1 Å². The summed E-state index contributed by atoms with van der Waals surface area (Å²) in [7, 11) is 0. The lowest BCUT2D eigenvalue weighted by molar-refractivity contribution is -0.149. The number of benzene rings is 2. The molecule has 0 radical (unpaired) electrons. The first kappa shape index (κ1) is 22.8. The van der Waals surface area contributed by atoms with Crippen molar-refractivity contribution in [3.8, 4) is 5.75 Å². The molecule has 0 spiro atoms. The molecule has 3 aromatic rings. The maximum Gasteiger partial charge on any atom is 0.344 e. The van der Waals surface area contributed by atoms with Gasteiger partial charge in [0.05, 0.1) is 10.0 Å². The number of aromatic nitrogens is 1. The third kappa shape index (κ3) is 5.46. The first-order valence-electron chi connectivity index (χ1n) is 9.72. The summed E-state index contributed by atoms with van der Waals surface area (Å²) in [4.78, 5) is 28.8. The predicted octanol–water partition coefficient (Wildman–Crippen LogP) is 5.28. The number of hydrogen-bond acceptors (Lipinski definition) is 5. The number of nitrogens with one attached hydrogen (secondary N) is 1. The van der Waals surface area contributed by atoms with E-state index in [4.69, 9.17) is 32.7 Å². The van der Waals surface area contributed by atoms with Gasteiger partial charge in [0, 0.05) is 16.8 Å². The minimum atomic E-state index is -0.706. The van der Waals surface area contributed by atoms with Crippen LogP contribution in [0.4, 0.5) is 5.69 Å². The van der Waals surface area contributed by atoms with Gasteiger partial charge in [0.2, 0.25) is 0 Å². The maximum absolute atomic E-state index is 12.2. The van der Waals surface area contributed by atoms with E-state index in [0.29, 0.717) is 15.9 Å². The van der Waals surface area contributed by atoms with Crippen LogP contribution >= 0.6 is 23.2 Å². The van der Waals surface area contributed by atoms with Crippen LogP contribution in [0.15, 0.2) is 36.4 Å². The minimum absolute atomic E-state index is 0.229. The molecule has 0 atom stereocenters. The lowest BCUT2D eigenvalue weighted by Gasteiger charge is -2.14. The quantitative estimate of drug-likeness (QED) is 0.485. The number of para-hydroxylation sites is 1. The second kappa shape index (κ2) is 9.98. The number of carbonyl (C=O) groups is 2. The van der Waals surface area contributed by atoms with Gasteiger partial charge < -0.3 is 14.8 Å². The molecule has 0 aliphatic heterocycles. The van der Waals surface area contributed by atoms with Crippen molar-refractivity contribution in [2.24, 2.45) is 0 Å². The van der Waals surface area contributed by atoms with Crippen molar-refractivity contribution >= 4 is 51.7 Å². The van der Waals surface area contributed by atoms with Gasteiger partial charge in [-0.2, -0.15) is 0 Å². The zero-order valence-electron chi connectivity index (χ0n) is 17.4. The summed E-state index contributed by atoms with van der Waals surface area (Å²) in [5.41, 5.74) is 3.89. The van der Waals surface area contributed by atoms with E-state index >= 15 is 0 Å². The molecule has 0 aliphatic rings. The van der Waals surface area contributed by atoms with E-state index in [1.165, 1.54) is 6.07 Å². The minimum Gasteiger partial charge on any atom is -0.478 e. The molecule has 1 N–H and O–H groups in total. The lowest BCUT2D eigenvalue weighted by atomic mass is 10.1. The number of anilines is 1. The topological polar surface area (TPSA) is 77.5 Å². The number of aryl methyl sites for hydroxylation is 3. The molecule has 0 bridgehead atoms. The first-order valence-corrected chi connectivity index (χ1v) is 10.5. The third-order valence-electron chi connectivity index (χ3n) is 4.68. The van der Waals surface area contributed by atoms with Crippen molar-refractivity contribution in [1.82, 2.24) is 4.98 Å². The Bertz CT molecular complexity index is 1150. The van der Waals surface area contributed by atoms with Gasteiger partial charge in [0.1, 0.15) is 5.52 Å². The summed E-state index contributed by atoms with van der Waals surface area (Å²) in [5, 5.41) is 4.12. The van der Waals surface area contributed by atoms with Gasteiger partial charge in [-0.3, -0.25) is 4.79 Å². The largest absolute Gasteiger partial charge is 0.478 e. The molecule has 0 saturated carbocycles. The molecular formula is C23H22Cl2N2O4. The van der Waals surface area contributed by atoms with E-state index in [2.05, 4.69) is 10.3 Å². The van der Waals surface area contributed by atoms with Crippen molar-refractivity contribution < 1.29 is 19.1 Å². The van der Waals surface area contributed by atoms with Crippen LogP contribution in [0.2, 0.25) is 10.0 Å². The predicted molar refractivity (Wildman–Crippen MR) is 122 cm³/mol. The number of rotatable bonds is 7. The van der Waals surface area contributed by atoms with Crippen molar-refractivity contribution in [3.05, 3.63) is 63.3 Å². The molecular weight excluding hydrogens is 439 g/mol. The second-order valence-electron chi connectivity index (χ2n) is 6.98. The Morgan fingerprint density at radius 3 is 2.58 bits per heavy atom. The van der Waals surface area contributed by atoms with Crippen LogP contribution in [-0.4, -0.2) is 30.1 Å². The van der Waals surface area contributed by atoms with E-state index in [9.17, 15) is 9.59 Å². The van der Waals surface area contributed by atoms with E-state index < -0.39 is 25.1 Å². The van der Waals surface area contributed by atoms with Crippen molar-refractivity contribution in [2.45, 2.75) is 27.2 Å². The highest BCUT2D eigenvalue weighted by Crippen LogP contribution is 2.37. The zero-order valence-corrected chi connectivity index (χ0v) is 18.9. The lowest BCUT2D eigenvalue weighted by Crippen LogP contribution is -2.24. The Morgan fingerprint density at radius 2 is 1.84 bits per heavy atom. The molecule has 8 heteroatoms. The highest BCUT2D eigenvalue weighted by molar-refractivity contribution is 6.39. The van der Waals surface area contributed by atoms with Crippen molar-refractivity contribution in [3.63, 3.8) is 0 Å². The number of hydrogen-bond donors (Lipinski definition) is 1. The number of amides is 1. The highest BCUT2D eigenvalue weighted by Gasteiger charge is 2.16. The van der Waals surface area contributed by atoms with Crippen molar-refractivity contribution in [1.29, 1.82) is 0 Å². The summed E-state index contributed by atoms with van der Waals surface area (Å²) < 4.78 is 10.6. The zero-order chi connectivity index (χ0) is 22.5. The molecule has 1 heterocycles. The number of carbonyl (C=O) groups excluding carboxylic acids is 2. The number of ether oxygens (including phenoxy) is 2. The fourth-order valence-electron chi connectivity index (χ4n) is 3.12. The number of esters is 1. The molecule has 2 aromatic carbocycles. The monoisotopic (exact) mass is 460 g/mol. The number of fused-ring (bicyclic) bond motifs is 1. The van der Waals surface area contributed by atoms with Crippen LogP contribution in [0.25, 0.3) is 10.9 Å². The Morgan fingerprint density at radius 1 is 1.06 bits per heavy atom. The molecule has 1 amide bonds. The SMILES string of the molecule is CCc1cccc(C)c1NC(=O)COC(=O)COc1c(Cl)cc(Cl)c2ccc(C)nc12. The Kier molecular flexibility index (Phi) is 7.36. The Hall–Kier alpha value is -2.83. The van der Waals surface area contributed by atoms with Crippen LogP contribution in [0.5, 0.6) is 5.75 Å². The fourth-order valence-corrected chi connectivity index (χ4v) is 3.69. The van der Waals surface area contributed by atoms with Gasteiger partial charge in [-0.25, -0.2) is 9.78 Å². The Labute approximate surface area is 190 Å². The van der Waals surface area contributed by atoms with Crippen LogP contribution in [-0.2, 0) is 20.7 Å². The first-order chi connectivity index (χ1) is 14.8. The van der Waals surface area contributed by atoms with E-state index in [1.54, 1.807) is 0 Å². The molecule has 6 nitrogen and oxygen atoms in total. The molecule has 1 aromatic heterocycles. The van der Waals surface area contributed by atoms with Gasteiger partial charge >= 0.3 is 5.97 Å². The molecule has 0 saturated heterocycles. The molecule has 31 heavy (non-hydrogen) atoms. The van der Waals surface area contributed by atoms with Gasteiger partial charge in [-0.1, -0.05) is 48.3 Å². The van der Waals surface area contributed by atoms with E-state index in [0.717, 1.165) is 28.9 Å². The van der Waals surface area contributed by atoms with Crippen LogP contribution in [0.1, 0.15) is 23.7 Å². The summed E-state index contributed by atoms with van der Waals surface area (Å²) in [5.74, 6) is -0.897. The van der Waals surface area contributed by atoms with Crippen molar-refractivity contribution in [2.75, 3.05) is 18.5 Å². The summed E-state index contributed by atoms with van der Waals surface area (Å²) in [6.45, 7) is 4.88. The van der Waals surface area contributed by atoms with Crippen LogP contribution < -0.4 is 10.1 Å². The summed E-state index contributed by atoms with van der Waals surface area (Å²) in [6, 6.07) is 10.9. The summed E-state index contributed by atoms with van der Waals surface area (Å²) >= 11 is 12.5. The average Bonchev–Trinajstić information content (AvgIpc) is 2.73. The van der Waals surface area contributed by atoms with Crippen LogP contribution in [0.3, 0.4) is 0 Å². The molecule has 0 fully saturated rings. The standard InChI is InChI=1S/C23H22Cl2N2O4/c1-4-15-7-5-6-13(2)21(15)27-19(28)11-30-20(29)12-31-23-18(25)10-17(24)16-9-8-14(3)26-22(16)23/h5-10H,4,11-12H2,1-3H3,(H,27,28). The van der Waals surface area contributed by atoms with Gasteiger partial charge in [0.25, 0.3) is 5.91 Å². The van der Waals surface area contributed by atoms with Gasteiger partial charge in [0.15, 0.2) is 19.0 Å². The highest BCUT2D eigenvalue weighted by atomic mass is 35.5. The Balaban J connectivity index is 1.61. The van der Waals surface area contributed by atoms with E-state index in [-0.39, 0.29) is 10.8 Å². The van der Waals surface area contributed by atoms with Gasteiger partial charge in [-0.15, -0.1) is 0 Å². The average molecular weight is 461 g/mol. The second-order valence-corrected chi connectivity index (χ2v) is 7.79. The summed E-state index contributed by atoms with van der Waals surface area (Å²) in [6.07, 6.45) is 0.772. The fraction of sp³-hybridized carbons (Fsp3) is 0.261. The third-order valence-corrected chi connectivity index (χ3v) is 5.27.